The Bertz CT molecular complexity index is 1090. The van der Waals surface area contributed by atoms with E-state index in [1.54, 1.807) is 5.57 Å². The Hall–Kier alpha value is -0.790. The van der Waals surface area contributed by atoms with E-state index in [0.717, 1.165) is 54.8 Å². The summed E-state index contributed by atoms with van der Waals surface area (Å²) in [5, 5.41) is 0. The van der Waals surface area contributed by atoms with Crippen LogP contribution in [0.25, 0.3) is 0 Å². The zero-order valence-corrected chi connectivity index (χ0v) is 39.6. The number of carbonyl (C=O) groups excluding carboxylic acids is 1. The van der Waals surface area contributed by atoms with Crippen molar-refractivity contribution >= 4 is 5.97 Å². The smallest absolute Gasteiger partial charge is 0.306 e. The van der Waals surface area contributed by atoms with Crippen LogP contribution >= 0.6 is 0 Å². The third-order valence-corrected chi connectivity index (χ3v) is 17.0. The minimum Gasteiger partial charge on any atom is -0.462 e. The molecule has 3 fully saturated rings. The molecule has 2 nitrogen and oxygen atoms in total. The number of esters is 1. The highest BCUT2D eigenvalue weighted by Crippen LogP contribution is 2.67. The molecular weight excluding hydrogens is 693 g/mol. The summed E-state index contributed by atoms with van der Waals surface area (Å²) in [5.74, 6) is 5.34. The minimum atomic E-state index is 0.0694. The van der Waals surface area contributed by atoms with Gasteiger partial charge < -0.3 is 4.74 Å². The van der Waals surface area contributed by atoms with Crippen molar-refractivity contribution in [2.24, 2.45) is 46.3 Å². The first kappa shape index (κ1) is 48.9. The summed E-state index contributed by atoms with van der Waals surface area (Å²) >= 11 is 0. The highest BCUT2D eigenvalue weighted by molar-refractivity contribution is 5.69. The van der Waals surface area contributed by atoms with E-state index >= 15 is 0 Å². The van der Waals surface area contributed by atoms with E-state index in [2.05, 4.69) is 47.6 Å². The van der Waals surface area contributed by atoms with Gasteiger partial charge in [0.15, 0.2) is 0 Å². The van der Waals surface area contributed by atoms with Gasteiger partial charge in [-0.25, -0.2) is 0 Å². The van der Waals surface area contributed by atoms with E-state index in [1.165, 1.54) is 212 Å². The molecule has 0 amide bonds. The number of hydrogen-bond donors (Lipinski definition) is 0. The molecule has 0 aromatic carbocycles. The van der Waals surface area contributed by atoms with Crippen LogP contribution in [0.2, 0.25) is 0 Å². The van der Waals surface area contributed by atoms with E-state index in [-0.39, 0.29) is 12.1 Å². The highest BCUT2D eigenvalue weighted by atomic mass is 16.5. The molecule has 4 rings (SSSR count). The van der Waals surface area contributed by atoms with Crippen LogP contribution in [0.15, 0.2) is 11.6 Å². The van der Waals surface area contributed by atoms with Gasteiger partial charge in [0.25, 0.3) is 0 Å². The molecule has 4 aliphatic carbocycles. The van der Waals surface area contributed by atoms with Crippen molar-refractivity contribution in [3.63, 3.8) is 0 Å². The van der Waals surface area contributed by atoms with Crippen LogP contribution in [0, 0.1) is 46.3 Å². The van der Waals surface area contributed by atoms with E-state index in [9.17, 15) is 4.79 Å². The van der Waals surface area contributed by atoms with Crippen LogP contribution in [0.4, 0.5) is 0 Å². The SMILES string of the molecule is CCCCCCCCCCCCCCCCCCCCCCCCCCCC(=O)O[C@H]1CC[C@@]2(C)C(=CC[C@H]3[C@@H]4CC[C@H]([C@H](C)CCCC(C)C)[C@@]4(C)CC[C@@H]32)C1. The van der Waals surface area contributed by atoms with Crippen LogP contribution in [0.5, 0.6) is 0 Å². The first-order chi connectivity index (χ1) is 27.7. The summed E-state index contributed by atoms with van der Waals surface area (Å²) in [4.78, 5) is 12.9. The number of rotatable bonds is 32. The zero-order valence-electron chi connectivity index (χ0n) is 39.6. The Morgan fingerprint density at radius 3 is 1.63 bits per heavy atom. The first-order valence-electron chi connectivity index (χ1n) is 26.6. The van der Waals surface area contributed by atoms with E-state index in [1.807, 2.05) is 0 Å². The molecular formula is C55H100O2. The fourth-order valence-corrected chi connectivity index (χ4v) is 13.4. The van der Waals surface area contributed by atoms with Crippen molar-refractivity contribution in [3.8, 4) is 0 Å². The quantitative estimate of drug-likeness (QED) is 0.0385. The van der Waals surface area contributed by atoms with Crippen molar-refractivity contribution in [2.75, 3.05) is 0 Å². The van der Waals surface area contributed by atoms with Gasteiger partial charge in [-0.15, -0.1) is 0 Å². The van der Waals surface area contributed by atoms with Gasteiger partial charge in [0.2, 0.25) is 0 Å². The van der Waals surface area contributed by atoms with Gasteiger partial charge in [-0.1, -0.05) is 227 Å². The molecule has 4 aliphatic rings. The van der Waals surface area contributed by atoms with Crippen molar-refractivity contribution in [3.05, 3.63) is 11.6 Å². The lowest BCUT2D eigenvalue weighted by molar-refractivity contribution is -0.151. The van der Waals surface area contributed by atoms with Crippen molar-refractivity contribution in [1.82, 2.24) is 0 Å². The average Bonchev–Trinajstić information content (AvgIpc) is 3.55. The van der Waals surface area contributed by atoms with Gasteiger partial charge in [-0.2, -0.15) is 0 Å². The lowest BCUT2D eigenvalue weighted by Crippen LogP contribution is -2.51. The summed E-state index contributed by atoms with van der Waals surface area (Å²) in [6.07, 6.45) is 53.2. The van der Waals surface area contributed by atoms with Gasteiger partial charge in [-0.05, 0) is 97.7 Å². The van der Waals surface area contributed by atoms with Crippen molar-refractivity contribution in [1.29, 1.82) is 0 Å². The van der Waals surface area contributed by atoms with Crippen molar-refractivity contribution < 1.29 is 9.53 Å². The molecule has 0 saturated heterocycles. The Labute approximate surface area is 357 Å². The molecule has 332 valence electrons. The predicted octanol–water partition coefficient (Wildman–Crippen LogP) is 18.1. The maximum atomic E-state index is 12.9. The van der Waals surface area contributed by atoms with E-state index < -0.39 is 0 Å². The number of allylic oxidation sites excluding steroid dienone is 1. The third-order valence-electron chi connectivity index (χ3n) is 17.0. The largest absolute Gasteiger partial charge is 0.462 e. The Balaban J connectivity index is 0.954. The van der Waals surface area contributed by atoms with E-state index in [0.29, 0.717) is 17.3 Å². The molecule has 8 atom stereocenters. The lowest BCUT2D eigenvalue weighted by atomic mass is 9.47. The number of ether oxygens (including phenoxy) is 1. The Morgan fingerprint density at radius 1 is 0.614 bits per heavy atom. The van der Waals surface area contributed by atoms with Gasteiger partial charge in [0.1, 0.15) is 6.10 Å². The highest BCUT2D eigenvalue weighted by Gasteiger charge is 2.59. The van der Waals surface area contributed by atoms with Crippen molar-refractivity contribution in [2.45, 2.75) is 285 Å². The molecule has 0 aliphatic heterocycles. The number of unbranched alkanes of at least 4 members (excludes halogenated alkanes) is 24. The van der Waals surface area contributed by atoms with E-state index in [4.69, 9.17) is 4.74 Å². The van der Waals surface area contributed by atoms with Crippen LogP contribution < -0.4 is 0 Å². The second-order valence-corrected chi connectivity index (χ2v) is 21.9. The predicted molar refractivity (Wildman–Crippen MR) is 249 cm³/mol. The molecule has 0 unspecified atom stereocenters. The fourth-order valence-electron chi connectivity index (χ4n) is 13.4. The molecule has 2 heteroatoms. The van der Waals surface area contributed by atoms with Gasteiger partial charge >= 0.3 is 5.97 Å². The molecule has 0 radical (unpaired) electrons. The molecule has 0 aromatic rings. The van der Waals surface area contributed by atoms with Crippen LogP contribution in [0.3, 0.4) is 0 Å². The standard InChI is InChI=1S/C55H100O2/c1-7-8-9-10-11-12-13-14-15-16-17-18-19-20-21-22-23-24-25-26-27-28-29-30-31-35-53(56)57-48-40-42-54(5)47(44-48)36-37-49-51-39-38-50(46(4)34-32-33-45(2)3)55(51,6)43-41-52(49)54/h36,45-46,48-52H,7-35,37-44H2,1-6H3/t46-,48+,49+,50-,51+,52+,54+,55-/m1/s1. The molecule has 0 aromatic heterocycles. The second kappa shape index (κ2) is 27.2. The van der Waals surface area contributed by atoms with Crippen LogP contribution in [0.1, 0.15) is 279 Å². The molecule has 0 spiro atoms. The molecule has 0 heterocycles. The molecule has 3 saturated carbocycles. The molecule has 0 bridgehead atoms. The summed E-state index contributed by atoms with van der Waals surface area (Å²) in [6, 6.07) is 0. The van der Waals surface area contributed by atoms with Crippen LogP contribution in [-0.2, 0) is 9.53 Å². The van der Waals surface area contributed by atoms with Gasteiger partial charge in [-0.3, -0.25) is 4.79 Å². The number of carbonyl (C=O) groups is 1. The molecule has 57 heavy (non-hydrogen) atoms. The van der Waals surface area contributed by atoms with Crippen LogP contribution in [-0.4, -0.2) is 12.1 Å². The summed E-state index contributed by atoms with van der Waals surface area (Å²) < 4.78 is 6.17. The minimum absolute atomic E-state index is 0.0694. The molecule has 0 N–H and O–H groups in total. The Kier molecular flexibility index (Phi) is 23.3. The normalized spacial score (nSPS) is 28.8. The Morgan fingerprint density at radius 2 is 1.12 bits per heavy atom. The van der Waals surface area contributed by atoms with Gasteiger partial charge in [0.05, 0.1) is 0 Å². The maximum absolute atomic E-state index is 12.9. The topological polar surface area (TPSA) is 26.3 Å². The summed E-state index contributed by atoms with van der Waals surface area (Å²) in [5.41, 5.74) is 2.54. The lowest BCUT2D eigenvalue weighted by Gasteiger charge is -2.58. The second-order valence-electron chi connectivity index (χ2n) is 21.9. The zero-order chi connectivity index (χ0) is 40.8. The summed E-state index contributed by atoms with van der Waals surface area (Å²) in [7, 11) is 0. The average molecular weight is 793 g/mol. The number of hydrogen-bond acceptors (Lipinski definition) is 2. The van der Waals surface area contributed by atoms with Gasteiger partial charge in [0, 0.05) is 12.8 Å². The monoisotopic (exact) mass is 793 g/mol. The summed E-state index contributed by atoms with van der Waals surface area (Å²) in [6.45, 7) is 15.0. The maximum Gasteiger partial charge on any atom is 0.306 e. The third kappa shape index (κ3) is 16.2. The number of fused-ring (bicyclic) bond motifs is 5. The fraction of sp³-hybridized carbons (Fsp3) is 0.945. The first-order valence-corrected chi connectivity index (χ1v) is 26.6.